The Kier molecular flexibility index (Phi) is 30.4. The molecule has 0 aliphatic heterocycles. The Morgan fingerprint density at radius 3 is 1.69 bits per heavy atom. The fraction of sp³-hybridized carbons (Fsp3) is 0.690. The largest absolute Gasteiger partial charge is 0.484 e. The maximum atomic E-state index is 11.9. The zero-order valence-corrected chi connectivity index (χ0v) is 35.6. The van der Waals surface area contributed by atoms with Gasteiger partial charge in [0.05, 0.1) is 85.7 Å². The van der Waals surface area contributed by atoms with E-state index < -0.39 is 17.2 Å². The zero-order valence-electron chi connectivity index (χ0n) is 35.6. The molecule has 0 radical (unpaired) electrons. The Bertz CT molecular complexity index is 1510. The molecule has 0 bridgehead atoms. The summed E-state index contributed by atoms with van der Waals surface area (Å²) in [7, 11) is 0. The highest BCUT2D eigenvalue weighted by atomic mass is 16.6. The number of carbonyl (C=O) groups is 4. The summed E-state index contributed by atoms with van der Waals surface area (Å²) in [4.78, 5) is 56.1. The highest BCUT2D eigenvalue weighted by Crippen LogP contribution is 2.20. The van der Waals surface area contributed by atoms with Crippen molar-refractivity contribution in [3.63, 3.8) is 0 Å². The van der Waals surface area contributed by atoms with Crippen LogP contribution in [-0.4, -0.2) is 140 Å². The maximum Gasteiger partial charge on any atom is 0.339 e. The minimum Gasteiger partial charge on any atom is -0.484 e. The number of ketones is 1. The van der Waals surface area contributed by atoms with E-state index in [0.29, 0.717) is 122 Å². The number of aryl methyl sites for hydroxylation is 1. The van der Waals surface area contributed by atoms with Crippen LogP contribution in [0.2, 0.25) is 0 Å². The average Bonchev–Trinajstić information content (AvgIpc) is 3.16. The van der Waals surface area contributed by atoms with Gasteiger partial charge in [0, 0.05) is 49.6 Å². The van der Waals surface area contributed by atoms with E-state index in [4.69, 9.17) is 52.2 Å². The first-order chi connectivity index (χ1) is 28.3. The number of ether oxygens (including phenoxy) is 9. The van der Waals surface area contributed by atoms with Crippen molar-refractivity contribution >= 4 is 34.6 Å². The van der Waals surface area contributed by atoms with Crippen molar-refractivity contribution in [2.45, 2.75) is 85.2 Å². The Hall–Kier alpha value is -3.97. The third-order valence-electron chi connectivity index (χ3n) is 7.55. The van der Waals surface area contributed by atoms with Gasteiger partial charge in [-0.15, -0.1) is 0 Å². The maximum absolute atomic E-state index is 11.9. The molecule has 0 unspecified atom stereocenters. The molecule has 0 fully saturated rings. The third-order valence-corrected chi connectivity index (χ3v) is 7.55. The molecule has 2 N–H and O–H groups in total. The van der Waals surface area contributed by atoms with Crippen LogP contribution < -0.4 is 15.7 Å². The van der Waals surface area contributed by atoms with Crippen molar-refractivity contribution < 1.29 is 71.3 Å². The lowest BCUT2D eigenvalue weighted by Crippen LogP contribution is -2.31. The van der Waals surface area contributed by atoms with Gasteiger partial charge in [0.25, 0.3) is 5.91 Å². The standard InChI is InChI=1S/C23H31NO10.C19H36O6/c1-17-14-18-2-3-19(15-20(18)34-23(17)28)33-16-21(25)24-5-7-30-9-11-32-13-12-31-10-8-29-6-4-22(26)27;1-17(20)9-5-7-11-22-13-15-24-16-14-23-12-8-6-10-18(21)25-19(2,3)4/h2-3,14-15H,4-13,16H2,1H3,(H,24,25)(H,26,27);5-16H2,1-4H3. The van der Waals surface area contributed by atoms with Crippen LogP contribution in [0.5, 0.6) is 5.75 Å². The van der Waals surface area contributed by atoms with Crippen molar-refractivity contribution in [1.29, 1.82) is 0 Å². The normalized spacial score (nSPS) is 11.2. The van der Waals surface area contributed by atoms with E-state index in [2.05, 4.69) is 5.32 Å². The van der Waals surface area contributed by atoms with E-state index in [1.165, 1.54) is 0 Å². The van der Waals surface area contributed by atoms with E-state index in [0.717, 1.165) is 31.1 Å². The number of hydrogen-bond donors (Lipinski definition) is 2. The summed E-state index contributed by atoms with van der Waals surface area (Å²) in [6, 6.07) is 6.79. The van der Waals surface area contributed by atoms with Crippen LogP contribution in [0, 0.1) is 6.92 Å². The number of fused-ring (bicyclic) bond motifs is 1. The van der Waals surface area contributed by atoms with Crippen molar-refractivity contribution in [3.05, 3.63) is 40.2 Å². The highest BCUT2D eigenvalue weighted by molar-refractivity contribution is 5.79. The Labute approximate surface area is 347 Å². The predicted octanol–water partition coefficient (Wildman–Crippen LogP) is 4.45. The molecule has 17 nitrogen and oxygen atoms in total. The summed E-state index contributed by atoms with van der Waals surface area (Å²) in [6.45, 7) is 15.4. The first-order valence-corrected chi connectivity index (χ1v) is 20.2. The number of hydrogen-bond acceptors (Lipinski definition) is 15. The zero-order chi connectivity index (χ0) is 43.6. The molecule has 0 saturated carbocycles. The summed E-state index contributed by atoms with van der Waals surface area (Å²) < 4.78 is 53.2. The van der Waals surface area contributed by atoms with E-state index >= 15 is 0 Å². The van der Waals surface area contributed by atoms with Crippen LogP contribution >= 0.6 is 0 Å². The predicted molar refractivity (Wildman–Crippen MR) is 218 cm³/mol. The number of esters is 1. The molecule has 1 heterocycles. The summed E-state index contributed by atoms with van der Waals surface area (Å²) >= 11 is 0. The van der Waals surface area contributed by atoms with Crippen LogP contribution in [0.4, 0.5) is 0 Å². The molecule has 0 aliphatic rings. The molecule has 0 aliphatic carbocycles. The van der Waals surface area contributed by atoms with E-state index in [9.17, 15) is 24.0 Å². The van der Waals surface area contributed by atoms with Gasteiger partial charge in [-0.3, -0.25) is 14.4 Å². The molecule has 17 heteroatoms. The van der Waals surface area contributed by atoms with Gasteiger partial charge >= 0.3 is 17.6 Å². The SMILES string of the molecule is CC(=O)CCCCOCCOCCOCCCCC(=O)OC(C)(C)C.Cc1cc2ccc(OCC(=O)NCCOCCOCCOCCOCCC(=O)O)cc2oc1=O. The lowest BCUT2D eigenvalue weighted by Gasteiger charge is -2.19. The molecule has 1 aromatic heterocycles. The van der Waals surface area contributed by atoms with E-state index in [1.807, 2.05) is 20.8 Å². The number of nitrogens with one attached hydrogen (secondary N) is 1. The number of amides is 1. The number of carboxylic acid groups (broad SMARTS) is 1. The van der Waals surface area contributed by atoms with Crippen LogP contribution in [-0.2, 0) is 57.1 Å². The minimum absolute atomic E-state index is 0.0203. The Morgan fingerprint density at radius 1 is 0.661 bits per heavy atom. The van der Waals surface area contributed by atoms with Gasteiger partial charge in [-0.05, 0) is 78.5 Å². The Morgan fingerprint density at radius 2 is 1.17 bits per heavy atom. The number of unbranched alkanes of at least 4 members (excludes halogenated alkanes) is 2. The van der Waals surface area contributed by atoms with Crippen molar-refractivity contribution in [3.8, 4) is 5.75 Å². The fourth-order valence-corrected chi connectivity index (χ4v) is 4.65. The number of rotatable bonds is 34. The van der Waals surface area contributed by atoms with E-state index in [-0.39, 0.29) is 37.3 Å². The van der Waals surface area contributed by atoms with Gasteiger partial charge in [0.1, 0.15) is 22.7 Å². The van der Waals surface area contributed by atoms with Crippen LogP contribution in [0.3, 0.4) is 0 Å². The van der Waals surface area contributed by atoms with Gasteiger partial charge in [-0.2, -0.15) is 0 Å². The van der Waals surface area contributed by atoms with Crippen LogP contribution in [0.1, 0.15) is 78.2 Å². The number of carboxylic acids is 1. The molecular formula is C42H67NO16. The Balaban J connectivity index is 0.000000621. The first-order valence-electron chi connectivity index (χ1n) is 20.2. The van der Waals surface area contributed by atoms with Crippen molar-refractivity contribution in [2.75, 3.05) is 106 Å². The molecule has 0 saturated heterocycles. The number of aliphatic carboxylic acids is 1. The molecule has 1 amide bonds. The van der Waals surface area contributed by atoms with Crippen LogP contribution in [0.25, 0.3) is 11.0 Å². The molecule has 0 atom stereocenters. The summed E-state index contributed by atoms with van der Waals surface area (Å²) in [5.74, 6) is -0.685. The van der Waals surface area contributed by atoms with E-state index in [1.54, 1.807) is 38.1 Å². The third kappa shape index (κ3) is 32.6. The van der Waals surface area contributed by atoms with Crippen molar-refractivity contribution in [1.82, 2.24) is 5.32 Å². The fourth-order valence-electron chi connectivity index (χ4n) is 4.65. The van der Waals surface area contributed by atoms with Gasteiger partial charge < -0.3 is 62.3 Å². The molecule has 336 valence electrons. The highest BCUT2D eigenvalue weighted by Gasteiger charge is 2.15. The average molecular weight is 842 g/mol. The number of carbonyl (C=O) groups excluding carboxylic acids is 3. The van der Waals surface area contributed by atoms with Crippen LogP contribution in [0.15, 0.2) is 33.5 Å². The number of Topliss-reactive ketones (excluding diaryl/α,β-unsaturated/α-hetero) is 1. The molecular weight excluding hydrogens is 774 g/mol. The van der Waals surface area contributed by atoms with Gasteiger partial charge in [-0.1, -0.05) is 0 Å². The minimum atomic E-state index is -0.890. The molecule has 0 spiro atoms. The first kappa shape index (κ1) is 53.0. The second-order valence-corrected chi connectivity index (χ2v) is 14.2. The molecule has 2 aromatic rings. The second kappa shape index (κ2) is 33.8. The van der Waals surface area contributed by atoms with Crippen molar-refractivity contribution in [2.24, 2.45) is 0 Å². The number of benzene rings is 1. The summed E-state index contributed by atoms with van der Waals surface area (Å²) in [5.41, 5.74) is 0.108. The van der Waals surface area contributed by atoms with Gasteiger partial charge in [0.15, 0.2) is 6.61 Å². The topological polar surface area (TPSA) is 214 Å². The lowest BCUT2D eigenvalue weighted by atomic mass is 10.2. The monoisotopic (exact) mass is 841 g/mol. The molecule has 1 aromatic carbocycles. The summed E-state index contributed by atoms with van der Waals surface area (Å²) in [5, 5.41) is 11.9. The quantitative estimate of drug-likeness (QED) is 0.0566. The van der Waals surface area contributed by atoms with Gasteiger partial charge in [-0.25, -0.2) is 4.79 Å². The second-order valence-electron chi connectivity index (χ2n) is 14.2. The smallest absolute Gasteiger partial charge is 0.339 e. The summed E-state index contributed by atoms with van der Waals surface area (Å²) in [6.07, 6.45) is 4.45. The lowest BCUT2D eigenvalue weighted by molar-refractivity contribution is -0.155. The van der Waals surface area contributed by atoms with Gasteiger partial charge in [0.2, 0.25) is 0 Å². The molecule has 59 heavy (non-hydrogen) atoms. The molecule has 2 rings (SSSR count).